The third-order valence-electron chi connectivity index (χ3n) is 4.87. The molecule has 1 aromatic rings. The summed E-state index contributed by atoms with van der Waals surface area (Å²) in [6.45, 7) is 9.39. The van der Waals surface area contributed by atoms with Gasteiger partial charge in [0.25, 0.3) is 0 Å². The zero-order chi connectivity index (χ0) is 14.8. The van der Waals surface area contributed by atoms with Crippen LogP contribution in [-0.2, 0) is 6.54 Å². The van der Waals surface area contributed by atoms with Crippen LogP contribution in [0.5, 0.6) is 0 Å². The predicted octanol–water partition coefficient (Wildman–Crippen LogP) is 3.21. The highest BCUT2D eigenvalue weighted by molar-refractivity contribution is 6.31. The van der Waals surface area contributed by atoms with E-state index in [1.165, 1.54) is 12.8 Å². The minimum atomic E-state index is -0.0696. The number of halogens is 1. The third kappa shape index (κ3) is 2.49. The minimum absolute atomic E-state index is 0.0418. The molecular formula is C15H27ClN4. The van der Waals surface area contributed by atoms with Gasteiger partial charge in [-0.05, 0) is 32.9 Å². The van der Waals surface area contributed by atoms with Crippen LogP contribution in [0.25, 0.3) is 0 Å². The molecule has 1 aliphatic rings. The Morgan fingerprint density at radius 2 is 1.95 bits per heavy atom. The molecule has 1 atom stereocenters. The van der Waals surface area contributed by atoms with Crippen molar-refractivity contribution in [3.63, 3.8) is 0 Å². The molecule has 0 aromatic carbocycles. The van der Waals surface area contributed by atoms with Crippen LogP contribution in [0.2, 0.25) is 5.02 Å². The number of hydrogen-bond acceptors (Lipinski definition) is 3. The van der Waals surface area contributed by atoms with Crippen molar-refractivity contribution in [1.29, 1.82) is 0 Å². The molecule has 1 aliphatic carbocycles. The predicted molar refractivity (Wildman–Crippen MR) is 84.0 cm³/mol. The van der Waals surface area contributed by atoms with E-state index < -0.39 is 0 Å². The van der Waals surface area contributed by atoms with Crippen molar-refractivity contribution in [2.75, 3.05) is 13.1 Å². The summed E-state index contributed by atoms with van der Waals surface area (Å²) in [5.74, 6) is 0. The molecule has 20 heavy (non-hydrogen) atoms. The summed E-state index contributed by atoms with van der Waals surface area (Å²) >= 11 is 6.37. The van der Waals surface area contributed by atoms with Crippen LogP contribution in [0.1, 0.15) is 58.2 Å². The highest BCUT2D eigenvalue weighted by Gasteiger charge is 2.45. The van der Waals surface area contributed by atoms with Gasteiger partial charge in [0.1, 0.15) is 0 Å². The lowest BCUT2D eigenvalue weighted by atomic mass is 9.84. The van der Waals surface area contributed by atoms with Gasteiger partial charge in [-0.1, -0.05) is 38.3 Å². The molecule has 0 spiro atoms. The molecule has 0 radical (unpaired) electrons. The summed E-state index contributed by atoms with van der Waals surface area (Å²) in [6, 6.07) is -0.0696. The molecule has 1 unspecified atom stereocenters. The first kappa shape index (κ1) is 15.8. The Kier molecular flexibility index (Phi) is 5.10. The number of nitrogens with zero attached hydrogens (tertiary/aromatic N) is 3. The first-order valence-electron chi connectivity index (χ1n) is 7.82. The average molecular weight is 299 g/mol. The summed E-state index contributed by atoms with van der Waals surface area (Å²) in [5, 5.41) is 5.06. The van der Waals surface area contributed by atoms with Gasteiger partial charge in [-0.25, -0.2) is 0 Å². The first-order valence-corrected chi connectivity index (χ1v) is 8.20. The Hall–Kier alpha value is -0.580. The molecule has 0 saturated heterocycles. The fourth-order valence-electron chi connectivity index (χ4n) is 3.85. The summed E-state index contributed by atoms with van der Waals surface area (Å²) in [6.07, 6.45) is 6.54. The van der Waals surface area contributed by atoms with Crippen molar-refractivity contribution in [1.82, 2.24) is 14.7 Å². The molecule has 5 heteroatoms. The van der Waals surface area contributed by atoms with Crippen molar-refractivity contribution in [3.05, 3.63) is 16.9 Å². The molecule has 1 aromatic heterocycles. The van der Waals surface area contributed by atoms with Crippen LogP contribution in [0.3, 0.4) is 0 Å². The zero-order valence-corrected chi connectivity index (χ0v) is 13.7. The van der Waals surface area contributed by atoms with E-state index in [0.717, 1.165) is 38.2 Å². The Morgan fingerprint density at radius 1 is 1.35 bits per heavy atom. The van der Waals surface area contributed by atoms with E-state index in [4.69, 9.17) is 17.3 Å². The topological polar surface area (TPSA) is 47.1 Å². The Morgan fingerprint density at radius 3 is 2.45 bits per heavy atom. The van der Waals surface area contributed by atoms with Crippen LogP contribution < -0.4 is 5.73 Å². The smallest absolute Gasteiger partial charge is 0.0834 e. The highest BCUT2D eigenvalue weighted by Crippen LogP contribution is 2.44. The Balaban J connectivity index is 2.41. The fraction of sp³-hybridized carbons (Fsp3) is 0.800. The van der Waals surface area contributed by atoms with E-state index in [1.54, 1.807) is 6.20 Å². The Labute approximate surface area is 127 Å². The number of aryl methyl sites for hydroxylation is 1. The SMILES string of the molecule is CCN(CC)C1(C(N)c2c(Cl)cnn2CC)CCCC1. The van der Waals surface area contributed by atoms with Gasteiger partial charge in [-0.3, -0.25) is 9.58 Å². The van der Waals surface area contributed by atoms with Crippen LogP contribution in [0, 0.1) is 0 Å². The molecule has 2 rings (SSSR count). The van der Waals surface area contributed by atoms with E-state index in [-0.39, 0.29) is 11.6 Å². The van der Waals surface area contributed by atoms with Crippen LogP contribution in [-0.4, -0.2) is 33.3 Å². The lowest BCUT2D eigenvalue weighted by Crippen LogP contribution is -2.54. The normalized spacial score (nSPS) is 19.7. The molecule has 1 fully saturated rings. The van der Waals surface area contributed by atoms with E-state index in [2.05, 4.69) is 30.8 Å². The van der Waals surface area contributed by atoms with Crippen molar-refractivity contribution >= 4 is 11.6 Å². The summed E-state index contributed by atoms with van der Waals surface area (Å²) in [7, 11) is 0. The second-order valence-corrected chi connectivity index (χ2v) is 6.06. The maximum atomic E-state index is 6.72. The molecule has 1 heterocycles. The molecule has 0 bridgehead atoms. The monoisotopic (exact) mass is 298 g/mol. The number of likely N-dealkylation sites (N-methyl/N-ethyl adjacent to an activating group) is 1. The van der Waals surface area contributed by atoms with Crippen molar-refractivity contribution in [3.8, 4) is 0 Å². The number of rotatable bonds is 6. The van der Waals surface area contributed by atoms with E-state index in [1.807, 2.05) is 4.68 Å². The van der Waals surface area contributed by atoms with Gasteiger partial charge in [-0.2, -0.15) is 5.10 Å². The zero-order valence-electron chi connectivity index (χ0n) is 12.9. The third-order valence-corrected chi connectivity index (χ3v) is 5.16. The number of nitrogens with two attached hydrogens (primary N) is 1. The fourth-order valence-corrected chi connectivity index (χ4v) is 4.11. The van der Waals surface area contributed by atoms with Gasteiger partial charge in [0, 0.05) is 12.1 Å². The quantitative estimate of drug-likeness (QED) is 0.877. The molecule has 4 nitrogen and oxygen atoms in total. The van der Waals surface area contributed by atoms with Gasteiger partial charge in [0.05, 0.1) is 23.0 Å². The lowest BCUT2D eigenvalue weighted by molar-refractivity contribution is 0.0740. The van der Waals surface area contributed by atoms with Crippen LogP contribution in [0.15, 0.2) is 6.20 Å². The van der Waals surface area contributed by atoms with Gasteiger partial charge in [-0.15, -0.1) is 0 Å². The maximum absolute atomic E-state index is 6.72. The van der Waals surface area contributed by atoms with Crippen molar-refractivity contribution in [2.24, 2.45) is 5.73 Å². The van der Waals surface area contributed by atoms with Crippen molar-refractivity contribution in [2.45, 2.75) is 64.6 Å². The minimum Gasteiger partial charge on any atom is -0.321 e. The summed E-state index contributed by atoms with van der Waals surface area (Å²) in [4.78, 5) is 2.52. The van der Waals surface area contributed by atoms with Crippen LogP contribution >= 0.6 is 11.6 Å². The number of hydrogen-bond donors (Lipinski definition) is 1. The highest BCUT2D eigenvalue weighted by atomic mass is 35.5. The van der Waals surface area contributed by atoms with E-state index >= 15 is 0 Å². The summed E-state index contributed by atoms with van der Waals surface area (Å²) in [5.41, 5.74) is 7.77. The molecular weight excluding hydrogens is 272 g/mol. The standard InChI is InChI=1S/C15H27ClN4/c1-4-19(5-2)15(9-7-8-10-15)14(17)13-12(16)11-18-20(13)6-3/h11,14H,4-10,17H2,1-3H3. The Bertz CT molecular complexity index is 433. The van der Waals surface area contributed by atoms with Gasteiger partial charge in [0.2, 0.25) is 0 Å². The average Bonchev–Trinajstić information content (AvgIpc) is 3.07. The second-order valence-electron chi connectivity index (χ2n) is 5.65. The van der Waals surface area contributed by atoms with Gasteiger partial charge < -0.3 is 5.73 Å². The van der Waals surface area contributed by atoms with Gasteiger partial charge >= 0.3 is 0 Å². The first-order chi connectivity index (χ1) is 9.60. The largest absolute Gasteiger partial charge is 0.321 e. The lowest BCUT2D eigenvalue weighted by Gasteiger charge is -2.45. The molecule has 0 amide bonds. The van der Waals surface area contributed by atoms with Gasteiger partial charge in [0.15, 0.2) is 0 Å². The second kappa shape index (κ2) is 6.46. The van der Waals surface area contributed by atoms with Crippen LogP contribution in [0.4, 0.5) is 0 Å². The molecule has 0 aliphatic heterocycles. The van der Waals surface area contributed by atoms with E-state index in [9.17, 15) is 0 Å². The molecule has 114 valence electrons. The maximum Gasteiger partial charge on any atom is 0.0834 e. The molecule has 1 saturated carbocycles. The summed E-state index contributed by atoms with van der Waals surface area (Å²) < 4.78 is 1.95. The van der Waals surface area contributed by atoms with Crippen molar-refractivity contribution < 1.29 is 0 Å². The number of aromatic nitrogens is 2. The van der Waals surface area contributed by atoms with E-state index in [0.29, 0.717) is 5.02 Å². The molecule has 2 N–H and O–H groups in total.